The maximum absolute atomic E-state index is 12.0. The molecule has 3 rings (SSSR count). The molecule has 5 heteroatoms. The van der Waals surface area contributed by atoms with Crippen LogP contribution in [0.4, 0.5) is 4.39 Å². The number of halogens is 1. The lowest BCUT2D eigenvalue weighted by atomic mass is 10.1. The molecule has 0 N–H and O–H groups in total. The van der Waals surface area contributed by atoms with Crippen molar-refractivity contribution in [1.82, 2.24) is 9.55 Å². The summed E-state index contributed by atoms with van der Waals surface area (Å²) < 4.78 is 19.9. The zero-order valence-corrected chi connectivity index (χ0v) is 11.9. The largest absolute Gasteiger partial charge is 0.459 e. The predicted octanol–water partition coefficient (Wildman–Crippen LogP) is 3.59. The number of unbranched alkanes of at least 4 members (excludes halogenated alkanes) is 3. The summed E-state index contributed by atoms with van der Waals surface area (Å²) in [5, 5.41) is 8.91. The Labute approximate surface area is 123 Å². The van der Waals surface area contributed by atoms with Crippen molar-refractivity contribution >= 4 is 11.0 Å². The van der Waals surface area contributed by atoms with Crippen LogP contribution in [0, 0.1) is 11.3 Å². The first kappa shape index (κ1) is 13.9. The standard InChI is InChI=1S/C16H18FN3O/c17-8-4-2-1-3-5-13-11-20-15-7-6-12(10-18)9-14(15)19-16(20)21-13/h6-7,9,13H,1-5,8,11H2/t13-/m0/s1. The molecule has 0 aliphatic carbocycles. The summed E-state index contributed by atoms with van der Waals surface area (Å²) in [4.78, 5) is 4.45. The molecule has 0 spiro atoms. The van der Waals surface area contributed by atoms with Crippen LogP contribution in [0.3, 0.4) is 0 Å². The van der Waals surface area contributed by atoms with Crippen LogP contribution in [0.15, 0.2) is 18.2 Å². The van der Waals surface area contributed by atoms with E-state index in [0.29, 0.717) is 18.0 Å². The first-order valence-corrected chi connectivity index (χ1v) is 7.45. The van der Waals surface area contributed by atoms with Gasteiger partial charge in [0.15, 0.2) is 0 Å². The van der Waals surface area contributed by atoms with Crippen molar-refractivity contribution in [2.24, 2.45) is 0 Å². The summed E-state index contributed by atoms with van der Waals surface area (Å²) in [5.41, 5.74) is 2.44. The second-order valence-electron chi connectivity index (χ2n) is 5.45. The van der Waals surface area contributed by atoms with Crippen molar-refractivity contribution in [1.29, 1.82) is 5.26 Å². The molecule has 21 heavy (non-hydrogen) atoms. The van der Waals surface area contributed by atoms with Gasteiger partial charge in [0.1, 0.15) is 6.10 Å². The minimum atomic E-state index is -0.216. The van der Waals surface area contributed by atoms with Gasteiger partial charge in [-0.2, -0.15) is 10.2 Å². The van der Waals surface area contributed by atoms with Crippen LogP contribution < -0.4 is 4.74 Å². The molecule has 0 radical (unpaired) electrons. The number of ether oxygens (including phenoxy) is 1. The number of fused-ring (bicyclic) bond motifs is 3. The summed E-state index contributed by atoms with van der Waals surface area (Å²) in [6.45, 7) is 0.590. The molecule has 2 aromatic rings. The average Bonchev–Trinajstić information content (AvgIpc) is 3.03. The van der Waals surface area contributed by atoms with E-state index >= 15 is 0 Å². The minimum absolute atomic E-state index is 0.165. The zero-order valence-electron chi connectivity index (χ0n) is 11.9. The molecule has 1 aromatic carbocycles. The highest BCUT2D eigenvalue weighted by atomic mass is 19.1. The molecule has 110 valence electrons. The van der Waals surface area contributed by atoms with Gasteiger partial charge in [-0.15, -0.1) is 0 Å². The van der Waals surface area contributed by atoms with Gasteiger partial charge in [0.2, 0.25) is 0 Å². The molecule has 2 heterocycles. The molecule has 0 saturated carbocycles. The molecular weight excluding hydrogens is 269 g/mol. The quantitative estimate of drug-likeness (QED) is 0.763. The van der Waals surface area contributed by atoms with Gasteiger partial charge in [-0.1, -0.05) is 12.8 Å². The molecule has 0 saturated heterocycles. The van der Waals surface area contributed by atoms with Crippen molar-refractivity contribution in [3.05, 3.63) is 23.8 Å². The molecular formula is C16H18FN3O. The van der Waals surface area contributed by atoms with Crippen LogP contribution >= 0.6 is 0 Å². The van der Waals surface area contributed by atoms with Gasteiger partial charge in [-0.25, -0.2) is 0 Å². The SMILES string of the molecule is N#Cc1ccc2c(c1)nc1n2C[C@H](CCCCCCF)O1. The number of aromatic nitrogens is 2. The summed E-state index contributed by atoms with van der Waals surface area (Å²) in [6.07, 6.45) is 4.88. The summed E-state index contributed by atoms with van der Waals surface area (Å²) in [5.74, 6) is 0. The topological polar surface area (TPSA) is 50.8 Å². The van der Waals surface area contributed by atoms with Gasteiger partial charge < -0.3 is 4.74 Å². The van der Waals surface area contributed by atoms with E-state index in [9.17, 15) is 4.39 Å². The third kappa shape index (κ3) is 2.85. The monoisotopic (exact) mass is 287 g/mol. The minimum Gasteiger partial charge on any atom is -0.459 e. The van der Waals surface area contributed by atoms with E-state index < -0.39 is 0 Å². The molecule has 4 nitrogen and oxygen atoms in total. The molecule has 0 bridgehead atoms. The molecule has 1 atom stereocenters. The normalized spacial score (nSPS) is 16.7. The maximum Gasteiger partial charge on any atom is 0.297 e. The summed E-state index contributed by atoms with van der Waals surface area (Å²) in [7, 11) is 0. The average molecular weight is 287 g/mol. The van der Waals surface area contributed by atoms with Crippen molar-refractivity contribution in [2.75, 3.05) is 6.67 Å². The van der Waals surface area contributed by atoms with Crippen molar-refractivity contribution in [2.45, 2.75) is 44.8 Å². The first-order chi connectivity index (χ1) is 10.3. The Kier molecular flexibility index (Phi) is 4.05. The number of benzene rings is 1. The number of rotatable bonds is 6. The summed E-state index contributed by atoms with van der Waals surface area (Å²) in [6, 6.07) is 8.29. The van der Waals surface area contributed by atoms with Crippen molar-refractivity contribution in [3.8, 4) is 12.1 Å². The molecule has 1 aliphatic rings. The van der Waals surface area contributed by atoms with Gasteiger partial charge in [-0.05, 0) is 37.5 Å². The summed E-state index contributed by atoms with van der Waals surface area (Å²) >= 11 is 0. The van der Waals surface area contributed by atoms with Gasteiger partial charge in [0.05, 0.1) is 35.9 Å². The Balaban J connectivity index is 1.62. The Morgan fingerprint density at radius 3 is 3.00 bits per heavy atom. The Morgan fingerprint density at radius 2 is 2.19 bits per heavy atom. The lowest BCUT2D eigenvalue weighted by Crippen LogP contribution is -2.14. The van der Waals surface area contributed by atoms with Gasteiger partial charge >= 0.3 is 0 Å². The number of hydrogen-bond donors (Lipinski definition) is 0. The molecule has 0 unspecified atom stereocenters. The number of imidazole rings is 1. The first-order valence-electron chi connectivity index (χ1n) is 7.45. The number of alkyl halides is 1. The van der Waals surface area contributed by atoms with E-state index in [4.69, 9.17) is 10.00 Å². The number of nitriles is 1. The highest BCUT2D eigenvalue weighted by molar-refractivity contribution is 5.78. The number of nitrogens with zero attached hydrogens (tertiary/aromatic N) is 3. The smallest absolute Gasteiger partial charge is 0.297 e. The van der Waals surface area contributed by atoms with Crippen LogP contribution in [0.1, 0.15) is 37.7 Å². The molecule has 1 aliphatic heterocycles. The molecule has 0 amide bonds. The van der Waals surface area contributed by atoms with E-state index in [1.54, 1.807) is 6.07 Å². The second kappa shape index (κ2) is 6.13. The van der Waals surface area contributed by atoms with E-state index in [1.807, 2.05) is 12.1 Å². The highest BCUT2D eigenvalue weighted by Gasteiger charge is 2.25. The van der Waals surface area contributed by atoms with E-state index in [1.165, 1.54) is 0 Å². The van der Waals surface area contributed by atoms with E-state index in [2.05, 4.69) is 15.6 Å². The lowest BCUT2D eigenvalue weighted by Gasteiger charge is -2.08. The Morgan fingerprint density at radius 1 is 1.33 bits per heavy atom. The van der Waals surface area contributed by atoms with E-state index in [0.717, 1.165) is 43.3 Å². The van der Waals surface area contributed by atoms with Crippen molar-refractivity contribution in [3.63, 3.8) is 0 Å². The third-order valence-electron chi connectivity index (χ3n) is 3.91. The van der Waals surface area contributed by atoms with Gasteiger partial charge in [0.25, 0.3) is 6.01 Å². The predicted molar refractivity (Wildman–Crippen MR) is 77.9 cm³/mol. The third-order valence-corrected chi connectivity index (χ3v) is 3.91. The van der Waals surface area contributed by atoms with Crippen LogP contribution in [0.25, 0.3) is 11.0 Å². The van der Waals surface area contributed by atoms with Crippen LogP contribution in [0.5, 0.6) is 6.01 Å². The van der Waals surface area contributed by atoms with Crippen LogP contribution in [-0.4, -0.2) is 22.3 Å². The van der Waals surface area contributed by atoms with Gasteiger partial charge in [-0.3, -0.25) is 8.96 Å². The molecule has 1 aromatic heterocycles. The maximum atomic E-state index is 12.0. The fourth-order valence-electron chi connectivity index (χ4n) is 2.80. The Bertz CT molecular complexity index is 674. The van der Waals surface area contributed by atoms with Crippen LogP contribution in [-0.2, 0) is 6.54 Å². The molecule has 0 fully saturated rings. The lowest BCUT2D eigenvalue weighted by molar-refractivity contribution is 0.209. The zero-order chi connectivity index (χ0) is 14.7. The van der Waals surface area contributed by atoms with E-state index in [-0.39, 0.29) is 12.8 Å². The Hall–Kier alpha value is -2.09. The van der Waals surface area contributed by atoms with Crippen molar-refractivity contribution < 1.29 is 9.13 Å². The fourth-order valence-corrected chi connectivity index (χ4v) is 2.80. The second-order valence-corrected chi connectivity index (χ2v) is 5.45. The van der Waals surface area contributed by atoms with Crippen LogP contribution in [0.2, 0.25) is 0 Å². The van der Waals surface area contributed by atoms with Gasteiger partial charge in [0, 0.05) is 0 Å². The fraction of sp³-hybridized carbons (Fsp3) is 0.500. The highest BCUT2D eigenvalue weighted by Crippen LogP contribution is 2.29. The number of hydrogen-bond acceptors (Lipinski definition) is 3.